The molecule has 1 aromatic rings. The number of hydrogen-bond acceptors (Lipinski definition) is 4. The number of nitrogen functional groups attached to an aromatic ring is 1. The van der Waals surface area contributed by atoms with E-state index in [4.69, 9.17) is 5.73 Å². The van der Waals surface area contributed by atoms with Crippen LogP contribution in [0.3, 0.4) is 0 Å². The van der Waals surface area contributed by atoms with Crippen LogP contribution < -0.4 is 10.5 Å². The van der Waals surface area contributed by atoms with Crippen molar-refractivity contribution in [1.82, 2.24) is 14.5 Å². The van der Waals surface area contributed by atoms with Crippen molar-refractivity contribution in [3.05, 3.63) is 11.8 Å². The van der Waals surface area contributed by atoms with Gasteiger partial charge in [-0.15, -0.1) is 0 Å². The van der Waals surface area contributed by atoms with Crippen molar-refractivity contribution in [3.63, 3.8) is 0 Å². The van der Waals surface area contributed by atoms with Gasteiger partial charge in [-0.2, -0.15) is 5.10 Å². The fourth-order valence-electron chi connectivity index (χ4n) is 1.31. The average Bonchev–Trinajstić information content (AvgIpc) is 2.43. The standard InChI is InChI=1S/C9H18N4O2S/c1-7(2)6-16(14,15)12-5-8-4-11-13(3)9(8)10/h4,7,12H,5-6,10H2,1-3H3. The minimum absolute atomic E-state index is 0.101. The summed E-state index contributed by atoms with van der Waals surface area (Å²) in [5.41, 5.74) is 6.39. The first kappa shape index (κ1) is 13.0. The van der Waals surface area contributed by atoms with Crippen LogP contribution >= 0.6 is 0 Å². The Morgan fingerprint density at radius 3 is 2.62 bits per heavy atom. The lowest BCUT2D eigenvalue weighted by Gasteiger charge is -2.08. The van der Waals surface area contributed by atoms with Crippen LogP contribution in [-0.2, 0) is 23.6 Å². The molecule has 7 heteroatoms. The summed E-state index contributed by atoms with van der Waals surface area (Å²) in [5, 5.41) is 3.93. The number of nitrogens with two attached hydrogens (primary N) is 1. The molecule has 92 valence electrons. The van der Waals surface area contributed by atoms with Gasteiger partial charge in [0.15, 0.2) is 0 Å². The Kier molecular flexibility index (Phi) is 3.93. The van der Waals surface area contributed by atoms with E-state index in [2.05, 4.69) is 9.82 Å². The normalized spacial score (nSPS) is 12.2. The summed E-state index contributed by atoms with van der Waals surface area (Å²) >= 11 is 0. The van der Waals surface area contributed by atoms with Gasteiger partial charge in [0.2, 0.25) is 10.0 Å². The molecule has 1 heterocycles. The van der Waals surface area contributed by atoms with Gasteiger partial charge < -0.3 is 5.73 Å². The second-order valence-electron chi connectivity index (χ2n) is 4.18. The Morgan fingerprint density at radius 2 is 2.19 bits per heavy atom. The molecule has 0 aliphatic heterocycles. The zero-order chi connectivity index (χ0) is 12.3. The zero-order valence-electron chi connectivity index (χ0n) is 9.77. The maximum Gasteiger partial charge on any atom is 0.212 e. The average molecular weight is 246 g/mol. The lowest BCUT2D eigenvalue weighted by molar-refractivity contribution is 0.568. The molecule has 0 fully saturated rings. The molecular formula is C9H18N4O2S. The first-order valence-corrected chi connectivity index (χ1v) is 6.70. The summed E-state index contributed by atoms with van der Waals surface area (Å²) in [6.07, 6.45) is 1.56. The van der Waals surface area contributed by atoms with E-state index in [0.717, 1.165) is 0 Å². The molecule has 1 aromatic heterocycles. The topological polar surface area (TPSA) is 90.0 Å². The summed E-state index contributed by atoms with van der Waals surface area (Å²) in [4.78, 5) is 0. The zero-order valence-corrected chi connectivity index (χ0v) is 10.6. The lowest BCUT2D eigenvalue weighted by Crippen LogP contribution is -2.28. The smallest absolute Gasteiger partial charge is 0.212 e. The summed E-state index contributed by atoms with van der Waals surface area (Å²) in [6, 6.07) is 0. The fourth-order valence-corrected chi connectivity index (χ4v) is 2.69. The van der Waals surface area contributed by atoms with E-state index in [1.807, 2.05) is 13.8 Å². The highest BCUT2D eigenvalue weighted by Gasteiger charge is 2.14. The van der Waals surface area contributed by atoms with Gasteiger partial charge in [-0.1, -0.05) is 13.8 Å². The molecule has 16 heavy (non-hydrogen) atoms. The largest absolute Gasteiger partial charge is 0.384 e. The van der Waals surface area contributed by atoms with Crippen molar-refractivity contribution >= 4 is 15.8 Å². The highest BCUT2D eigenvalue weighted by atomic mass is 32.2. The summed E-state index contributed by atoms with van der Waals surface area (Å²) in [7, 11) is -1.52. The third-order valence-corrected chi connectivity index (χ3v) is 3.79. The number of aryl methyl sites for hydroxylation is 1. The van der Waals surface area contributed by atoms with Crippen LogP contribution in [-0.4, -0.2) is 24.0 Å². The number of nitrogens with one attached hydrogen (secondary N) is 1. The first-order valence-electron chi connectivity index (χ1n) is 5.05. The Labute approximate surface area is 95.9 Å². The van der Waals surface area contributed by atoms with E-state index in [9.17, 15) is 8.42 Å². The number of hydrogen-bond donors (Lipinski definition) is 2. The van der Waals surface area contributed by atoms with Crippen LogP contribution in [0.5, 0.6) is 0 Å². The molecular weight excluding hydrogens is 228 g/mol. The molecule has 0 radical (unpaired) electrons. The third-order valence-electron chi connectivity index (χ3n) is 2.10. The Hall–Kier alpha value is -1.08. The SMILES string of the molecule is CC(C)CS(=O)(=O)NCc1cnn(C)c1N. The first-order chi connectivity index (χ1) is 7.32. The van der Waals surface area contributed by atoms with Crippen molar-refractivity contribution in [2.45, 2.75) is 20.4 Å². The van der Waals surface area contributed by atoms with E-state index in [1.165, 1.54) is 4.68 Å². The maximum atomic E-state index is 11.6. The summed E-state index contributed by atoms with van der Waals surface area (Å²) in [5.74, 6) is 0.698. The van der Waals surface area contributed by atoms with Crippen LogP contribution in [0.4, 0.5) is 5.82 Å². The van der Waals surface area contributed by atoms with E-state index in [0.29, 0.717) is 11.4 Å². The second kappa shape index (κ2) is 4.84. The van der Waals surface area contributed by atoms with Gasteiger partial charge >= 0.3 is 0 Å². The molecule has 0 atom stereocenters. The minimum Gasteiger partial charge on any atom is -0.384 e. The predicted octanol–water partition coefficient (Wildman–Crippen LogP) is 0.0777. The predicted molar refractivity (Wildman–Crippen MR) is 63.1 cm³/mol. The van der Waals surface area contributed by atoms with Crippen LogP contribution in [0.1, 0.15) is 19.4 Å². The Bertz CT molecular complexity index is 450. The van der Waals surface area contributed by atoms with Crippen molar-refractivity contribution in [1.29, 1.82) is 0 Å². The van der Waals surface area contributed by atoms with E-state index in [-0.39, 0.29) is 18.2 Å². The summed E-state index contributed by atoms with van der Waals surface area (Å²) in [6.45, 7) is 3.91. The monoisotopic (exact) mass is 246 g/mol. The van der Waals surface area contributed by atoms with Gasteiger partial charge in [-0.05, 0) is 5.92 Å². The van der Waals surface area contributed by atoms with Crippen LogP contribution in [0, 0.1) is 5.92 Å². The number of rotatable bonds is 5. The lowest BCUT2D eigenvalue weighted by atomic mass is 10.3. The maximum absolute atomic E-state index is 11.6. The molecule has 0 aliphatic rings. The van der Waals surface area contributed by atoms with Gasteiger partial charge in [0, 0.05) is 19.2 Å². The number of nitrogens with zero attached hydrogens (tertiary/aromatic N) is 2. The van der Waals surface area contributed by atoms with Gasteiger partial charge in [0.25, 0.3) is 0 Å². The minimum atomic E-state index is -3.23. The van der Waals surface area contributed by atoms with Gasteiger partial charge in [-0.3, -0.25) is 4.68 Å². The van der Waals surface area contributed by atoms with Crippen molar-refractivity contribution in [2.24, 2.45) is 13.0 Å². The van der Waals surface area contributed by atoms with Gasteiger partial charge in [0.05, 0.1) is 11.9 Å². The molecule has 3 N–H and O–H groups in total. The number of sulfonamides is 1. The fraction of sp³-hybridized carbons (Fsp3) is 0.667. The quantitative estimate of drug-likeness (QED) is 0.769. The molecule has 0 saturated heterocycles. The van der Waals surface area contributed by atoms with Gasteiger partial charge in [0.1, 0.15) is 5.82 Å². The van der Waals surface area contributed by atoms with E-state index in [1.54, 1.807) is 13.2 Å². The molecule has 0 aromatic carbocycles. The van der Waals surface area contributed by atoms with Crippen molar-refractivity contribution in [3.8, 4) is 0 Å². The van der Waals surface area contributed by atoms with Gasteiger partial charge in [-0.25, -0.2) is 13.1 Å². The molecule has 1 rings (SSSR count). The second-order valence-corrected chi connectivity index (χ2v) is 6.03. The number of anilines is 1. The Balaban J connectivity index is 2.61. The third kappa shape index (κ3) is 3.49. The molecule has 0 unspecified atom stereocenters. The van der Waals surface area contributed by atoms with Crippen LogP contribution in [0.2, 0.25) is 0 Å². The molecule has 0 aliphatic carbocycles. The van der Waals surface area contributed by atoms with Crippen LogP contribution in [0.15, 0.2) is 6.20 Å². The van der Waals surface area contributed by atoms with E-state index >= 15 is 0 Å². The highest BCUT2D eigenvalue weighted by Crippen LogP contribution is 2.09. The van der Waals surface area contributed by atoms with Crippen LogP contribution in [0.25, 0.3) is 0 Å². The molecule has 0 amide bonds. The van der Waals surface area contributed by atoms with Crippen molar-refractivity contribution < 1.29 is 8.42 Å². The molecule has 0 saturated carbocycles. The highest BCUT2D eigenvalue weighted by molar-refractivity contribution is 7.89. The van der Waals surface area contributed by atoms with E-state index < -0.39 is 10.0 Å². The molecule has 6 nitrogen and oxygen atoms in total. The molecule has 0 spiro atoms. The Morgan fingerprint density at radius 1 is 1.56 bits per heavy atom. The summed E-state index contributed by atoms with van der Waals surface area (Å²) < 4.78 is 27.1. The van der Waals surface area contributed by atoms with Crippen molar-refractivity contribution in [2.75, 3.05) is 11.5 Å². The molecule has 0 bridgehead atoms. The number of aromatic nitrogens is 2.